The predicted molar refractivity (Wildman–Crippen MR) is 80.8 cm³/mol. The van der Waals surface area contributed by atoms with Gasteiger partial charge in [-0.2, -0.15) is 17.6 Å². The van der Waals surface area contributed by atoms with Crippen molar-refractivity contribution in [3.8, 4) is 11.5 Å². The summed E-state index contributed by atoms with van der Waals surface area (Å²) in [4.78, 5) is 4.04. The number of alkyl halides is 3. The zero-order chi connectivity index (χ0) is 18.0. The lowest BCUT2D eigenvalue weighted by molar-refractivity contribution is -0.131. The van der Waals surface area contributed by atoms with E-state index in [9.17, 15) is 22.0 Å². The number of benzene rings is 1. The lowest BCUT2D eigenvalue weighted by Gasteiger charge is -2.13. The van der Waals surface area contributed by atoms with E-state index in [1.807, 2.05) is 0 Å². The van der Waals surface area contributed by atoms with Gasteiger partial charge in [-0.05, 0) is 12.1 Å². The highest BCUT2D eigenvalue weighted by Gasteiger charge is 2.26. The molecule has 0 aliphatic carbocycles. The maximum Gasteiger partial charge on any atom is 0.390 e. The van der Waals surface area contributed by atoms with Gasteiger partial charge in [0.1, 0.15) is 5.75 Å². The number of nitrogens with zero attached hydrogens (tertiary/aromatic N) is 2. The van der Waals surface area contributed by atoms with Gasteiger partial charge in [0.05, 0.1) is 18.3 Å². The molecule has 1 aromatic carbocycles. The van der Waals surface area contributed by atoms with Crippen LogP contribution in [0.3, 0.4) is 0 Å². The summed E-state index contributed by atoms with van der Waals surface area (Å²) in [6.07, 6.45) is -0.849. The molecule has 1 N–H and O–H groups in total. The molecule has 2 heterocycles. The minimum atomic E-state index is -4.29. The number of hydrogen-bond acceptors (Lipinski definition) is 3. The minimum Gasteiger partial charge on any atom is -0.453 e. The fraction of sp³-hybridized carbons (Fsp3) is 0.188. The second kappa shape index (κ2) is 6.58. The number of pyridine rings is 1. The number of halogens is 5. The van der Waals surface area contributed by atoms with E-state index in [2.05, 4.69) is 10.3 Å². The molecule has 0 radical (unpaired) electrons. The van der Waals surface area contributed by atoms with Crippen LogP contribution in [0.15, 0.2) is 42.9 Å². The maximum absolute atomic E-state index is 13.7. The molecular formula is C16H12F5N3O. The predicted octanol–water partition coefficient (Wildman–Crippen LogP) is 4.77. The number of fused-ring (bicyclic) bond motifs is 1. The van der Waals surface area contributed by atoms with Gasteiger partial charge in [-0.1, -0.05) is 6.07 Å². The van der Waals surface area contributed by atoms with Crippen LogP contribution in [0.25, 0.3) is 5.65 Å². The maximum atomic E-state index is 13.7. The summed E-state index contributed by atoms with van der Waals surface area (Å²) in [5.74, 6) is -2.44. The molecule has 2 aromatic heterocycles. The van der Waals surface area contributed by atoms with Gasteiger partial charge in [0.15, 0.2) is 17.2 Å². The zero-order valence-corrected chi connectivity index (χ0v) is 12.6. The monoisotopic (exact) mass is 357 g/mol. The molecule has 3 rings (SSSR count). The molecule has 25 heavy (non-hydrogen) atoms. The van der Waals surface area contributed by atoms with E-state index >= 15 is 0 Å². The highest BCUT2D eigenvalue weighted by Crippen LogP contribution is 2.29. The average molecular weight is 357 g/mol. The summed E-state index contributed by atoms with van der Waals surface area (Å²) in [6.45, 7) is -0.357. The number of hydrogen-bond donors (Lipinski definition) is 1. The van der Waals surface area contributed by atoms with Crippen LogP contribution in [-0.2, 0) is 0 Å². The number of imidazole rings is 1. The summed E-state index contributed by atoms with van der Waals surface area (Å²) in [5, 5.41) is 2.63. The standard InChI is InChI=1S/C16H12F5N3O/c17-11-2-1-3-13(14(11)18)25-10-8-12(22-5-4-16(19,20)21)15-23-6-7-24(15)9-10/h1-3,6-9,22H,4-5H2. The van der Waals surface area contributed by atoms with Gasteiger partial charge in [0, 0.05) is 25.0 Å². The first kappa shape index (κ1) is 17.0. The fourth-order valence-electron chi connectivity index (χ4n) is 2.22. The van der Waals surface area contributed by atoms with Crippen LogP contribution in [-0.4, -0.2) is 22.1 Å². The fourth-order valence-corrected chi connectivity index (χ4v) is 2.22. The average Bonchev–Trinajstić information content (AvgIpc) is 2.99. The Bertz CT molecular complexity index is 891. The van der Waals surface area contributed by atoms with Gasteiger partial charge in [-0.3, -0.25) is 0 Å². The molecule has 0 bridgehead atoms. The minimum absolute atomic E-state index is 0.115. The quantitative estimate of drug-likeness (QED) is 0.669. The lowest BCUT2D eigenvalue weighted by atomic mass is 10.3. The number of rotatable bonds is 5. The van der Waals surface area contributed by atoms with E-state index in [-0.39, 0.29) is 23.7 Å². The van der Waals surface area contributed by atoms with Crippen molar-refractivity contribution in [2.45, 2.75) is 12.6 Å². The van der Waals surface area contributed by atoms with Crippen molar-refractivity contribution in [2.24, 2.45) is 0 Å². The van der Waals surface area contributed by atoms with Gasteiger partial charge < -0.3 is 14.5 Å². The molecule has 0 fully saturated rings. The third kappa shape index (κ3) is 3.98. The van der Waals surface area contributed by atoms with Gasteiger partial charge in [0.2, 0.25) is 5.82 Å². The highest BCUT2D eigenvalue weighted by atomic mass is 19.4. The Labute approximate surface area is 138 Å². The lowest BCUT2D eigenvalue weighted by Crippen LogP contribution is -2.15. The van der Waals surface area contributed by atoms with Crippen LogP contribution in [0.2, 0.25) is 0 Å². The van der Waals surface area contributed by atoms with Crippen molar-refractivity contribution in [1.82, 2.24) is 9.38 Å². The van der Waals surface area contributed by atoms with E-state index in [0.717, 1.165) is 6.07 Å². The van der Waals surface area contributed by atoms with Crippen LogP contribution in [0.4, 0.5) is 27.6 Å². The first-order valence-corrected chi connectivity index (χ1v) is 7.23. The Morgan fingerprint density at radius 3 is 2.76 bits per heavy atom. The zero-order valence-electron chi connectivity index (χ0n) is 12.6. The van der Waals surface area contributed by atoms with Crippen LogP contribution >= 0.6 is 0 Å². The summed E-state index contributed by atoms with van der Waals surface area (Å²) >= 11 is 0. The van der Waals surface area contributed by atoms with Crippen molar-refractivity contribution >= 4 is 11.3 Å². The first-order chi connectivity index (χ1) is 11.8. The molecule has 0 atom stereocenters. The van der Waals surface area contributed by atoms with Crippen LogP contribution in [0.1, 0.15) is 6.42 Å². The summed E-state index contributed by atoms with van der Waals surface area (Å²) in [5.41, 5.74) is 0.665. The van der Waals surface area contributed by atoms with Crippen molar-refractivity contribution < 1.29 is 26.7 Å². The van der Waals surface area contributed by atoms with E-state index in [0.29, 0.717) is 5.65 Å². The van der Waals surface area contributed by atoms with Crippen molar-refractivity contribution in [3.63, 3.8) is 0 Å². The van der Waals surface area contributed by atoms with Crippen molar-refractivity contribution in [3.05, 3.63) is 54.5 Å². The third-order valence-corrected chi connectivity index (χ3v) is 3.33. The Balaban J connectivity index is 1.87. The Morgan fingerprint density at radius 2 is 2.00 bits per heavy atom. The number of ether oxygens (including phenoxy) is 1. The molecule has 0 saturated heterocycles. The van der Waals surface area contributed by atoms with Gasteiger partial charge >= 0.3 is 6.18 Å². The molecule has 3 aromatic rings. The van der Waals surface area contributed by atoms with Crippen molar-refractivity contribution in [2.75, 3.05) is 11.9 Å². The SMILES string of the molecule is Fc1cccc(Oc2cc(NCCC(F)(F)F)c3nccn3c2)c1F. The van der Waals surface area contributed by atoms with Crippen molar-refractivity contribution in [1.29, 1.82) is 0 Å². The molecule has 4 nitrogen and oxygen atoms in total. The molecule has 0 amide bonds. The van der Waals surface area contributed by atoms with Gasteiger partial charge in [-0.15, -0.1) is 0 Å². The number of anilines is 1. The smallest absolute Gasteiger partial charge is 0.390 e. The third-order valence-electron chi connectivity index (χ3n) is 3.33. The second-order valence-electron chi connectivity index (χ2n) is 5.19. The Hall–Kier alpha value is -2.84. The molecule has 0 aliphatic rings. The summed E-state index contributed by atoms with van der Waals surface area (Å²) in [6, 6.07) is 4.85. The summed E-state index contributed by atoms with van der Waals surface area (Å²) in [7, 11) is 0. The molecule has 0 spiro atoms. The van der Waals surface area contributed by atoms with E-state index in [1.165, 1.54) is 35.0 Å². The number of nitrogens with one attached hydrogen (secondary N) is 1. The van der Waals surface area contributed by atoms with E-state index < -0.39 is 24.2 Å². The molecule has 0 aliphatic heterocycles. The first-order valence-electron chi connectivity index (χ1n) is 7.23. The van der Waals surface area contributed by atoms with E-state index in [1.54, 1.807) is 6.20 Å². The highest BCUT2D eigenvalue weighted by molar-refractivity contribution is 5.69. The Morgan fingerprint density at radius 1 is 1.20 bits per heavy atom. The van der Waals surface area contributed by atoms with Gasteiger partial charge in [-0.25, -0.2) is 9.37 Å². The molecule has 132 valence electrons. The normalized spacial score (nSPS) is 11.7. The molecule has 0 unspecified atom stereocenters. The number of aromatic nitrogens is 2. The largest absolute Gasteiger partial charge is 0.453 e. The van der Waals surface area contributed by atoms with Gasteiger partial charge in [0.25, 0.3) is 0 Å². The van der Waals surface area contributed by atoms with E-state index in [4.69, 9.17) is 4.74 Å². The van der Waals surface area contributed by atoms with Crippen LogP contribution < -0.4 is 10.1 Å². The summed E-state index contributed by atoms with van der Waals surface area (Å²) < 4.78 is 70.7. The topological polar surface area (TPSA) is 38.6 Å². The molecular weight excluding hydrogens is 345 g/mol. The van der Waals surface area contributed by atoms with Crippen LogP contribution in [0, 0.1) is 11.6 Å². The Kier molecular flexibility index (Phi) is 4.47. The molecule has 0 saturated carbocycles. The van der Waals surface area contributed by atoms with Crippen LogP contribution in [0.5, 0.6) is 11.5 Å². The molecule has 9 heteroatoms. The second-order valence-corrected chi connectivity index (χ2v) is 5.19.